The zero-order valence-electron chi connectivity index (χ0n) is 12.5. The van der Waals surface area contributed by atoms with Crippen LogP contribution >= 0.6 is 0 Å². The molecule has 0 spiro atoms. The maximum Gasteiger partial charge on any atom is 0.355 e. The second kappa shape index (κ2) is 5.08. The summed E-state index contributed by atoms with van der Waals surface area (Å²) in [6.07, 6.45) is 1.52. The summed E-state index contributed by atoms with van der Waals surface area (Å²) in [5.41, 5.74) is 7.75. The summed E-state index contributed by atoms with van der Waals surface area (Å²) >= 11 is 0. The monoisotopic (exact) mass is 269 g/mol. The van der Waals surface area contributed by atoms with Gasteiger partial charge < -0.3 is 5.11 Å². The highest BCUT2D eigenvalue weighted by Gasteiger charge is 2.19. The third-order valence-corrected chi connectivity index (χ3v) is 4.28. The maximum atomic E-state index is 11.4. The number of benzene rings is 1. The lowest BCUT2D eigenvalue weighted by molar-refractivity contribution is 0.0691. The van der Waals surface area contributed by atoms with Gasteiger partial charge in [-0.2, -0.15) is 0 Å². The average molecular weight is 269 g/mol. The minimum atomic E-state index is -0.990. The standard InChI is InChI=1S/C17H19NO2/c1-9-10(2)12(4)15(13(5)11(9)3)14-7-6-8-18-16(14)17(19)20/h6-8H,1-5H3,(H,19,20). The van der Waals surface area contributed by atoms with Crippen LogP contribution in [0.2, 0.25) is 0 Å². The number of hydrogen-bond donors (Lipinski definition) is 1. The summed E-state index contributed by atoms with van der Waals surface area (Å²) in [6.45, 7) is 10.4. The van der Waals surface area contributed by atoms with Gasteiger partial charge in [0.1, 0.15) is 0 Å². The highest BCUT2D eigenvalue weighted by Crippen LogP contribution is 2.35. The molecular weight excluding hydrogens is 250 g/mol. The molecule has 1 aromatic heterocycles. The van der Waals surface area contributed by atoms with Gasteiger partial charge in [0.05, 0.1) is 0 Å². The molecule has 0 atom stereocenters. The second-order valence-corrected chi connectivity index (χ2v) is 5.20. The fourth-order valence-electron chi connectivity index (χ4n) is 2.68. The summed E-state index contributed by atoms with van der Waals surface area (Å²) in [7, 11) is 0. The number of aromatic nitrogens is 1. The number of aromatic carboxylic acids is 1. The predicted molar refractivity (Wildman–Crippen MR) is 80.3 cm³/mol. The highest BCUT2D eigenvalue weighted by atomic mass is 16.4. The largest absolute Gasteiger partial charge is 0.476 e. The summed E-state index contributed by atoms with van der Waals surface area (Å²) in [5, 5.41) is 9.34. The molecule has 1 aromatic carbocycles. The first-order valence-electron chi connectivity index (χ1n) is 6.61. The van der Waals surface area contributed by atoms with E-state index in [4.69, 9.17) is 0 Å². The van der Waals surface area contributed by atoms with Gasteiger partial charge in [0.25, 0.3) is 0 Å². The molecule has 2 rings (SSSR count). The second-order valence-electron chi connectivity index (χ2n) is 5.20. The van der Waals surface area contributed by atoms with Crippen LogP contribution in [0.3, 0.4) is 0 Å². The molecule has 0 aliphatic carbocycles. The Hall–Kier alpha value is -2.16. The van der Waals surface area contributed by atoms with Gasteiger partial charge in [-0.3, -0.25) is 0 Å². The van der Waals surface area contributed by atoms with E-state index in [2.05, 4.69) is 25.8 Å². The van der Waals surface area contributed by atoms with Gasteiger partial charge in [-0.1, -0.05) is 6.07 Å². The van der Waals surface area contributed by atoms with Crippen LogP contribution in [0, 0.1) is 34.6 Å². The van der Waals surface area contributed by atoms with Crippen molar-refractivity contribution in [3.05, 3.63) is 51.8 Å². The predicted octanol–water partition coefficient (Wildman–Crippen LogP) is 3.99. The normalized spacial score (nSPS) is 10.7. The lowest BCUT2D eigenvalue weighted by Gasteiger charge is -2.19. The highest BCUT2D eigenvalue weighted by molar-refractivity contribution is 5.95. The molecule has 3 heteroatoms. The van der Waals surface area contributed by atoms with E-state index in [-0.39, 0.29) is 5.69 Å². The summed E-state index contributed by atoms with van der Waals surface area (Å²) in [6, 6.07) is 3.62. The van der Waals surface area contributed by atoms with Crippen molar-refractivity contribution < 1.29 is 9.90 Å². The van der Waals surface area contributed by atoms with E-state index >= 15 is 0 Å². The minimum Gasteiger partial charge on any atom is -0.476 e. The van der Waals surface area contributed by atoms with Crippen molar-refractivity contribution in [2.24, 2.45) is 0 Å². The van der Waals surface area contributed by atoms with Crippen molar-refractivity contribution in [1.29, 1.82) is 0 Å². The van der Waals surface area contributed by atoms with Crippen molar-refractivity contribution in [1.82, 2.24) is 4.98 Å². The van der Waals surface area contributed by atoms with E-state index in [1.54, 1.807) is 6.07 Å². The Kier molecular flexibility index (Phi) is 3.62. The Balaban J connectivity index is 2.88. The molecule has 2 aromatic rings. The lowest BCUT2D eigenvalue weighted by Crippen LogP contribution is -2.06. The van der Waals surface area contributed by atoms with Gasteiger partial charge >= 0.3 is 5.97 Å². The number of carboxylic acids is 1. The SMILES string of the molecule is Cc1c(C)c(C)c(-c2cccnc2C(=O)O)c(C)c1C. The summed E-state index contributed by atoms with van der Waals surface area (Å²) in [5.74, 6) is -0.990. The van der Waals surface area contributed by atoms with Crippen molar-refractivity contribution in [2.45, 2.75) is 34.6 Å². The fraction of sp³-hybridized carbons (Fsp3) is 0.294. The molecule has 3 nitrogen and oxygen atoms in total. The quantitative estimate of drug-likeness (QED) is 0.896. The molecule has 0 bridgehead atoms. The Morgan fingerprint density at radius 2 is 1.45 bits per heavy atom. The van der Waals surface area contributed by atoms with Crippen LogP contribution in [-0.2, 0) is 0 Å². The fourth-order valence-corrected chi connectivity index (χ4v) is 2.68. The van der Waals surface area contributed by atoms with Gasteiger partial charge in [-0.25, -0.2) is 9.78 Å². The average Bonchev–Trinajstić information content (AvgIpc) is 2.43. The molecule has 0 aliphatic rings. The number of rotatable bonds is 2. The number of nitrogens with zero attached hydrogens (tertiary/aromatic N) is 1. The minimum absolute atomic E-state index is 0.112. The summed E-state index contributed by atoms with van der Waals surface area (Å²) < 4.78 is 0. The zero-order chi connectivity index (χ0) is 15.0. The molecule has 0 unspecified atom stereocenters. The van der Waals surface area contributed by atoms with Crippen LogP contribution in [0.1, 0.15) is 38.3 Å². The van der Waals surface area contributed by atoms with Crippen molar-refractivity contribution in [3.8, 4) is 11.1 Å². The first-order chi connectivity index (χ1) is 9.36. The molecule has 20 heavy (non-hydrogen) atoms. The van der Waals surface area contributed by atoms with Gasteiger partial charge in [-0.15, -0.1) is 0 Å². The molecule has 0 saturated heterocycles. The van der Waals surface area contributed by atoms with Crippen molar-refractivity contribution in [3.63, 3.8) is 0 Å². The van der Waals surface area contributed by atoms with Crippen molar-refractivity contribution >= 4 is 5.97 Å². The summed E-state index contributed by atoms with van der Waals surface area (Å²) in [4.78, 5) is 15.4. The number of carbonyl (C=O) groups is 1. The number of carboxylic acid groups (broad SMARTS) is 1. The van der Waals surface area contributed by atoms with Crippen LogP contribution < -0.4 is 0 Å². The van der Waals surface area contributed by atoms with Crippen LogP contribution in [0.15, 0.2) is 18.3 Å². The number of pyridine rings is 1. The molecular formula is C17H19NO2. The van der Waals surface area contributed by atoms with Gasteiger partial charge in [0.15, 0.2) is 5.69 Å². The molecule has 1 N–H and O–H groups in total. The van der Waals surface area contributed by atoms with E-state index in [9.17, 15) is 9.90 Å². The smallest absolute Gasteiger partial charge is 0.355 e. The Morgan fingerprint density at radius 1 is 0.950 bits per heavy atom. The molecule has 0 fully saturated rings. The van der Waals surface area contributed by atoms with Crippen LogP contribution in [0.4, 0.5) is 0 Å². The molecule has 104 valence electrons. The number of hydrogen-bond acceptors (Lipinski definition) is 2. The molecule has 1 heterocycles. The molecule has 0 saturated carbocycles. The maximum absolute atomic E-state index is 11.4. The van der Waals surface area contributed by atoms with Gasteiger partial charge in [0.2, 0.25) is 0 Å². The van der Waals surface area contributed by atoms with E-state index < -0.39 is 5.97 Å². The Morgan fingerprint density at radius 3 is 1.95 bits per heavy atom. The first-order valence-corrected chi connectivity index (χ1v) is 6.61. The molecule has 0 aliphatic heterocycles. The van der Waals surface area contributed by atoms with E-state index in [0.29, 0.717) is 5.56 Å². The van der Waals surface area contributed by atoms with Crippen molar-refractivity contribution in [2.75, 3.05) is 0 Å². The van der Waals surface area contributed by atoms with E-state index in [0.717, 1.165) is 16.7 Å². The molecule has 0 amide bonds. The van der Waals surface area contributed by atoms with Crippen LogP contribution in [0.5, 0.6) is 0 Å². The van der Waals surface area contributed by atoms with Gasteiger partial charge in [-0.05, 0) is 74.1 Å². The van der Waals surface area contributed by atoms with Crippen LogP contribution in [0.25, 0.3) is 11.1 Å². The topological polar surface area (TPSA) is 50.2 Å². The third-order valence-electron chi connectivity index (χ3n) is 4.28. The third kappa shape index (κ3) is 2.09. The van der Waals surface area contributed by atoms with Gasteiger partial charge in [0, 0.05) is 11.8 Å². The van der Waals surface area contributed by atoms with Crippen LogP contribution in [-0.4, -0.2) is 16.1 Å². The van der Waals surface area contributed by atoms with E-state index in [1.165, 1.54) is 22.9 Å². The first kappa shape index (κ1) is 14.3. The lowest BCUT2D eigenvalue weighted by atomic mass is 9.86. The Bertz CT molecular complexity index is 673. The zero-order valence-corrected chi connectivity index (χ0v) is 12.5. The van der Waals surface area contributed by atoms with E-state index in [1.807, 2.05) is 19.9 Å². The molecule has 0 radical (unpaired) electrons. The Labute approximate surface area is 119 Å².